The Bertz CT molecular complexity index is 519. The summed E-state index contributed by atoms with van der Waals surface area (Å²) in [5.41, 5.74) is 10.6. The van der Waals surface area contributed by atoms with Crippen molar-refractivity contribution in [1.82, 2.24) is 0 Å². The molecule has 0 atom stereocenters. The Kier molecular flexibility index (Phi) is 12.1. The first-order valence-corrected chi connectivity index (χ1v) is 11.0. The molecule has 2 heteroatoms. The number of aryl methyl sites for hydroxylation is 1. The fourth-order valence-corrected chi connectivity index (χ4v) is 3.77. The molecule has 148 valence electrons. The van der Waals surface area contributed by atoms with E-state index in [0.29, 0.717) is 0 Å². The van der Waals surface area contributed by atoms with Gasteiger partial charge in [0.1, 0.15) is 5.84 Å². The summed E-state index contributed by atoms with van der Waals surface area (Å²) in [6.07, 6.45) is 19.0. The van der Waals surface area contributed by atoms with Crippen LogP contribution in [0.2, 0.25) is 0 Å². The maximum Gasteiger partial charge on any atom is 0.123 e. The molecule has 3 N–H and O–H groups in total. The van der Waals surface area contributed by atoms with Gasteiger partial charge in [0.25, 0.3) is 0 Å². The fraction of sp³-hybridized carbons (Fsp3) is 0.708. The molecular formula is C24H42N2. The summed E-state index contributed by atoms with van der Waals surface area (Å²) in [5.74, 6) is 0.206. The lowest BCUT2D eigenvalue weighted by Gasteiger charge is -2.14. The minimum atomic E-state index is 0.206. The van der Waals surface area contributed by atoms with Gasteiger partial charge < -0.3 is 5.73 Å². The third-order valence-electron chi connectivity index (χ3n) is 5.69. The summed E-state index contributed by atoms with van der Waals surface area (Å²) in [7, 11) is 0. The number of unbranched alkanes of at least 4 members (excludes halogenated alkanes) is 12. The molecule has 0 radical (unpaired) electrons. The van der Waals surface area contributed by atoms with E-state index in [0.717, 1.165) is 12.0 Å². The van der Waals surface area contributed by atoms with Crippen LogP contribution in [0.3, 0.4) is 0 Å². The molecule has 0 spiro atoms. The van der Waals surface area contributed by atoms with Crippen LogP contribution in [0.25, 0.3) is 0 Å². The molecule has 1 aromatic rings. The van der Waals surface area contributed by atoms with E-state index in [4.69, 9.17) is 11.1 Å². The van der Waals surface area contributed by atoms with Crippen LogP contribution in [0, 0.1) is 19.3 Å². The molecule has 26 heavy (non-hydrogen) atoms. The van der Waals surface area contributed by atoms with Gasteiger partial charge in [-0.1, -0.05) is 96.1 Å². The average molecular weight is 359 g/mol. The number of hydrogen-bond donors (Lipinski definition) is 2. The van der Waals surface area contributed by atoms with Crippen molar-refractivity contribution in [2.75, 3.05) is 0 Å². The van der Waals surface area contributed by atoms with Gasteiger partial charge in [-0.3, -0.25) is 5.41 Å². The van der Waals surface area contributed by atoms with Crippen LogP contribution in [0.5, 0.6) is 0 Å². The lowest BCUT2D eigenvalue weighted by molar-refractivity contribution is 0.539. The Morgan fingerprint density at radius 1 is 0.769 bits per heavy atom. The van der Waals surface area contributed by atoms with E-state index in [1.807, 2.05) is 6.07 Å². The van der Waals surface area contributed by atoms with Gasteiger partial charge in [-0.05, 0) is 43.4 Å². The SMILES string of the molecule is CCCCCCCCCCCCCCCc1c(C(=N)N)ccc(C)c1C. The number of amidine groups is 1. The molecule has 1 rings (SSSR count). The highest BCUT2D eigenvalue weighted by Crippen LogP contribution is 2.21. The Hall–Kier alpha value is -1.31. The molecule has 0 unspecified atom stereocenters. The minimum absolute atomic E-state index is 0.206. The zero-order valence-electron chi connectivity index (χ0n) is 17.6. The van der Waals surface area contributed by atoms with Crippen molar-refractivity contribution < 1.29 is 0 Å². The van der Waals surface area contributed by atoms with E-state index >= 15 is 0 Å². The summed E-state index contributed by atoms with van der Waals surface area (Å²) in [4.78, 5) is 0. The molecule has 0 saturated carbocycles. The van der Waals surface area contributed by atoms with Crippen molar-refractivity contribution >= 4 is 5.84 Å². The normalized spacial score (nSPS) is 11.0. The fourth-order valence-electron chi connectivity index (χ4n) is 3.77. The second-order valence-electron chi connectivity index (χ2n) is 7.94. The zero-order chi connectivity index (χ0) is 19.2. The van der Waals surface area contributed by atoms with Crippen molar-refractivity contribution in [3.8, 4) is 0 Å². The van der Waals surface area contributed by atoms with E-state index in [1.54, 1.807) is 0 Å². The van der Waals surface area contributed by atoms with Crippen molar-refractivity contribution in [2.24, 2.45) is 5.73 Å². The molecule has 1 aromatic carbocycles. The first-order valence-electron chi connectivity index (χ1n) is 11.0. The molecule has 0 bridgehead atoms. The van der Waals surface area contributed by atoms with Gasteiger partial charge in [0.05, 0.1) is 0 Å². The topological polar surface area (TPSA) is 49.9 Å². The first-order chi connectivity index (χ1) is 12.6. The molecular weight excluding hydrogens is 316 g/mol. The summed E-state index contributed by atoms with van der Waals surface area (Å²) in [5, 5.41) is 7.79. The van der Waals surface area contributed by atoms with Crippen LogP contribution < -0.4 is 5.73 Å². The van der Waals surface area contributed by atoms with E-state index in [-0.39, 0.29) is 5.84 Å². The van der Waals surface area contributed by atoms with Crippen LogP contribution >= 0.6 is 0 Å². The first kappa shape index (κ1) is 22.7. The van der Waals surface area contributed by atoms with Gasteiger partial charge >= 0.3 is 0 Å². The third-order valence-corrected chi connectivity index (χ3v) is 5.69. The Morgan fingerprint density at radius 3 is 1.69 bits per heavy atom. The Labute approximate surface area is 162 Å². The predicted octanol–water partition coefficient (Wildman–Crippen LogP) is 7.22. The quantitative estimate of drug-likeness (QED) is 0.194. The number of benzene rings is 1. The van der Waals surface area contributed by atoms with Crippen LogP contribution in [0.15, 0.2) is 12.1 Å². The molecule has 0 heterocycles. The van der Waals surface area contributed by atoms with E-state index < -0.39 is 0 Å². The smallest absolute Gasteiger partial charge is 0.123 e. The lowest BCUT2D eigenvalue weighted by atomic mass is 9.92. The number of hydrogen-bond acceptors (Lipinski definition) is 1. The molecule has 0 saturated heterocycles. The van der Waals surface area contributed by atoms with Crippen LogP contribution in [-0.4, -0.2) is 5.84 Å². The number of nitrogens with one attached hydrogen (secondary N) is 1. The van der Waals surface area contributed by atoms with Crippen LogP contribution in [0.1, 0.15) is 113 Å². The monoisotopic (exact) mass is 358 g/mol. The van der Waals surface area contributed by atoms with Crippen molar-refractivity contribution in [2.45, 2.75) is 111 Å². The highest BCUT2D eigenvalue weighted by Gasteiger charge is 2.09. The zero-order valence-corrected chi connectivity index (χ0v) is 17.6. The maximum absolute atomic E-state index is 7.79. The van der Waals surface area contributed by atoms with Gasteiger partial charge in [-0.15, -0.1) is 0 Å². The van der Waals surface area contributed by atoms with Gasteiger partial charge in [-0.25, -0.2) is 0 Å². The number of nitrogen functional groups attached to an aromatic ring is 1. The van der Waals surface area contributed by atoms with Crippen molar-refractivity contribution in [3.63, 3.8) is 0 Å². The third kappa shape index (κ3) is 8.87. The van der Waals surface area contributed by atoms with E-state index in [2.05, 4.69) is 26.8 Å². The second-order valence-corrected chi connectivity index (χ2v) is 7.94. The molecule has 0 amide bonds. The molecule has 0 aromatic heterocycles. The van der Waals surface area contributed by atoms with Gasteiger partial charge in [0.2, 0.25) is 0 Å². The Balaban J connectivity index is 2.10. The average Bonchev–Trinajstić information content (AvgIpc) is 2.62. The largest absolute Gasteiger partial charge is 0.384 e. The predicted molar refractivity (Wildman–Crippen MR) is 116 cm³/mol. The van der Waals surface area contributed by atoms with Gasteiger partial charge in [0.15, 0.2) is 0 Å². The maximum atomic E-state index is 7.79. The van der Waals surface area contributed by atoms with Gasteiger partial charge in [0, 0.05) is 5.56 Å². The molecule has 0 aliphatic rings. The molecule has 2 nitrogen and oxygen atoms in total. The number of rotatable bonds is 15. The summed E-state index contributed by atoms with van der Waals surface area (Å²) < 4.78 is 0. The lowest BCUT2D eigenvalue weighted by Crippen LogP contribution is -2.15. The second kappa shape index (κ2) is 13.8. The minimum Gasteiger partial charge on any atom is -0.384 e. The molecule has 0 fully saturated rings. The summed E-state index contributed by atoms with van der Waals surface area (Å²) in [6.45, 7) is 6.59. The molecule has 0 aliphatic carbocycles. The summed E-state index contributed by atoms with van der Waals surface area (Å²) >= 11 is 0. The van der Waals surface area contributed by atoms with Crippen LogP contribution in [-0.2, 0) is 6.42 Å². The Morgan fingerprint density at radius 2 is 1.23 bits per heavy atom. The standard InChI is InChI=1S/C24H42N2/c1-4-5-6-7-8-9-10-11-12-13-14-15-16-17-22-21(3)20(2)18-19-23(22)24(25)26/h18-19H,4-17H2,1-3H3,(H3,25,26). The van der Waals surface area contributed by atoms with Crippen molar-refractivity contribution in [1.29, 1.82) is 5.41 Å². The highest BCUT2D eigenvalue weighted by molar-refractivity contribution is 5.96. The summed E-state index contributed by atoms with van der Waals surface area (Å²) in [6, 6.07) is 4.10. The molecule has 0 aliphatic heterocycles. The number of nitrogens with two attached hydrogens (primary N) is 1. The van der Waals surface area contributed by atoms with E-state index in [1.165, 1.54) is 100 Å². The van der Waals surface area contributed by atoms with Crippen LogP contribution in [0.4, 0.5) is 0 Å². The van der Waals surface area contributed by atoms with E-state index in [9.17, 15) is 0 Å². The van der Waals surface area contributed by atoms with Crippen molar-refractivity contribution in [3.05, 3.63) is 34.4 Å². The van der Waals surface area contributed by atoms with Gasteiger partial charge in [-0.2, -0.15) is 0 Å². The highest BCUT2D eigenvalue weighted by atomic mass is 14.7.